The van der Waals surface area contributed by atoms with Gasteiger partial charge in [0.15, 0.2) is 5.82 Å². The lowest BCUT2D eigenvalue weighted by Gasteiger charge is -2.08. The molecule has 0 unspecified atom stereocenters. The van der Waals surface area contributed by atoms with Gasteiger partial charge in [0.05, 0.1) is 16.7 Å². The number of benzene rings is 1. The Morgan fingerprint density at radius 3 is 2.60 bits per heavy atom. The van der Waals surface area contributed by atoms with E-state index < -0.39 is 0 Å². The van der Waals surface area contributed by atoms with Crippen LogP contribution < -0.4 is 10.1 Å². The zero-order valence-electron chi connectivity index (χ0n) is 11.2. The molecule has 0 spiro atoms. The monoisotopic (exact) mass is 312 g/mol. The summed E-state index contributed by atoms with van der Waals surface area (Å²) in [6.07, 6.45) is 0.878. The smallest absolute Gasteiger partial charge is 0.321 e. The van der Waals surface area contributed by atoms with E-state index in [1.165, 1.54) is 0 Å². The van der Waals surface area contributed by atoms with E-state index in [2.05, 4.69) is 20.3 Å². The Hall–Kier alpha value is -1.59. The topological polar surface area (TPSA) is 59.9 Å². The molecular formula is C13H14Cl2N4O. The van der Waals surface area contributed by atoms with Gasteiger partial charge in [-0.25, -0.2) is 0 Å². The lowest BCUT2D eigenvalue weighted by atomic mass is 10.2. The molecule has 0 aliphatic carbocycles. The van der Waals surface area contributed by atoms with Crippen LogP contribution in [0.1, 0.15) is 13.3 Å². The van der Waals surface area contributed by atoms with Crippen molar-refractivity contribution in [1.82, 2.24) is 15.0 Å². The minimum atomic E-state index is 0.285. The summed E-state index contributed by atoms with van der Waals surface area (Å²) in [5, 5.41) is 3.82. The number of ether oxygens (including phenoxy) is 1. The van der Waals surface area contributed by atoms with Crippen molar-refractivity contribution < 1.29 is 4.74 Å². The van der Waals surface area contributed by atoms with Crippen LogP contribution in [-0.4, -0.2) is 28.6 Å². The highest BCUT2D eigenvalue weighted by Crippen LogP contribution is 2.27. The minimum absolute atomic E-state index is 0.285. The van der Waals surface area contributed by atoms with Crippen LogP contribution in [-0.2, 0) is 0 Å². The minimum Gasteiger partial charge on any atom is -0.463 e. The van der Waals surface area contributed by atoms with Crippen molar-refractivity contribution in [2.75, 3.05) is 19.0 Å². The van der Waals surface area contributed by atoms with Crippen LogP contribution in [0.2, 0.25) is 10.0 Å². The second-order valence-electron chi connectivity index (χ2n) is 3.99. The number of rotatable bonds is 5. The lowest BCUT2D eigenvalue weighted by molar-refractivity contribution is 0.292. The molecule has 2 rings (SSSR count). The molecule has 0 aliphatic heterocycles. The van der Waals surface area contributed by atoms with Crippen molar-refractivity contribution >= 4 is 29.2 Å². The summed E-state index contributed by atoms with van der Waals surface area (Å²) in [5.74, 6) is 0.918. The number of nitrogens with one attached hydrogen (secondary N) is 1. The summed E-state index contributed by atoms with van der Waals surface area (Å²) in [6, 6.07) is 5.50. The van der Waals surface area contributed by atoms with Crippen LogP contribution in [0.25, 0.3) is 11.4 Å². The molecule has 106 valence electrons. The maximum atomic E-state index is 6.01. The highest BCUT2D eigenvalue weighted by atomic mass is 35.5. The first kappa shape index (κ1) is 14.8. The fourth-order valence-electron chi connectivity index (χ4n) is 1.49. The molecular weight excluding hydrogens is 299 g/mol. The van der Waals surface area contributed by atoms with E-state index in [0.717, 1.165) is 12.0 Å². The molecule has 1 N–H and O–H groups in total. The van der Waals surface area contributed by atoms with Gasteiger partial charge in [-0.05, 0) is 24.6 Å². The third-order valence-corrected chi connectivity index (χ3v) is 3.19. The Balaban J connectivity index is 2.41. The molecule has 0 saturated heterocycles. The molecule has 1 heterocycles. The second kappa shape index (κ2) is 6.72. The summed E-state index contributed by atoms with van der Waals surface area (Å²) in [5.41, 5.74) is 0.750. The fourth-order valence-corrected chi connectivity index (χ4v) is 1.79. The molecule has 20 heavy (non-hydrogen) atoms. The maximum absolute atomic E-state index is 6.01. The average molecular weight is 313 g/mol. The highest BCUT2D eigenvalue weighted by molar-refractivity contribution is 6.42. The molecule has 1 aromatic carbocycles. The molecule has 1 aromatic heterocycles. The largest absolute Gasteiger partial charge is 0.463 e. The van der Waals surface area contributed by atoms with Gasteiger partial charge in [0.2, 0.25) is 5.95 Å². The molecule has 0 aliphatic rings. The van der Waals surface area contributed by atoms with Crippen LogP contribution in [0.3, 0.4) is 0 Å². The van der Waals surface area contributed by atoms with E-state index in [0.29, 0.717) is 28.4 Å². The van der Waals surface area contributed by atoms with Crippen molar-refractivity contribution in [3.8, 4) is 17.4 Å². The summed E-state index contributed by atoms with van der Waals surface area (Å²) >= 11 is 11.9. The van der Waals surface area contributed by atoms with Gasteiger partial charge in [0.1, 0.15) is 0 Å². The molecule has 0 radical (unpaired) electrons. The van der Waals surface area contributed by atoms with Crippen molar-refractivity contribution in [1.29, 1.82) is 0 Å². The Kier molecular flexibility index (Phi) is 4.98. The quantitative estimate of drug-likeness (QED) is 0.912. The summed E-state index contributed by atoms with van der Waals surface area (Å²) < 4.78 is 5.45. The number of hydrogen-bond donors (Lipinski definition) is 1. The van der Waals surface area contributed by atoms with Crippen LogP contribution in [0.15, 0.2) is 18.2 Å². The summed E-state index contributed by atoms with van der Waals surface area (Å²) in [4.78, 5) is 12.7. The van der Waals surface area contributed by atoms with E-state index >= 15 is 0 Å². The second-order valence-corrected chi connectivity index (χ2v) is 4.81. The Labute approximate surface area is 127 Å². The normalized spacial score (nSPS) is 10.4. The zero-order chi connectivity index (χ0) is 14.5. The van der Waals surface area contributed by atoms with Crippen molar-refractivity contribution in [2.24, 2.45) is 0 Å². The Morgan fingerprint density at radius 1 is 1.15 bits per heavy atom. The van der Waals surface area contributed by atoms with E-state index in [1.54, 1.807) is 25.2 Å². The summed E-state index contributed by atoms with van der Waals surface area (Å²) in [7, 11) is 1.73. The van der Waals surface area contributed by atoms with E-state index in [9.17, 15) is 0 Å². The van der Waals surface area contributed by atoms with Gasteiger partial charge in [0, 0.05) is 12.6 Å². The molecule has 0 bridgehead atoms. The number of nitrogens with zero attached hydrogens (tertiary/aromatic N) is 3. The van der Waals surface area contributed by atoms with Crippen LogP contribution in [0.5, 0.6) is 6.01 Å². The van der Waals surface area contributed by atoms with Crippen molar-refractivity contribution in [2.45, 2.75) is 13.3 Å². The predicted molar refractivity (Wildman–Crippen MR) is 80.6 cm³/mol. The van der Waals surface area contributed by atoms with Gasteiger partial charge >= 0.3 is 6.01 Å². The highest BCUT2D eigenvalue weighted by Gasteiger charge is 2.10. The number of halogens is 2. The third kappa shape index (κ3) is 3.49. The van der Waals surface area contributed by atoms with E-state index in [1.807, 2.05) is 6.92 Å². The van der Waals surface area contributed by atoms with Crippen LogP contribution in [0.4, 0.5) is 5.95 Å². The first-order chi connectivity index (χ1) is 9.63. The number of aromatic nitrogens is 3. The Morgan fingerprint density at radius 2 is 1.95 bits per heavy atom. The van der Waals surface area contributed by atoms with Crippen molar-refractivity contribution in [3.63, 3.8) is 0 Å². The van der Waals surface area contributed by atoms with Gasteiger partial charge in [-0.1, -0.05) is 30.1 Å². The third-order valence-electron chi connectivity index (χ3n) is 2.45. The standard InChI is InChI=1S/C13H14Cl2N4O/c1-3-6-20-13-18-11(17-12(16-2)19-13)8-4-5-9(14)10(15)7-8/h4-5,7H,3,6H2,1-2H3,(H,16,17,18,19). The van der Waals surface area contributed by atoms with Crippen molar-refractivity contribution in [3.05, 3.63) is 28.2 Å². The fraction of sp³-hybridized carbons (Fsp3) is 0.308. The molecule has 0 atom stereocenters. The number of anilines is 1. The maximum Gasteiger partial charge on any atom is 0.321 e. The number of hydrogen-bond acceptors (Lipinski definition) is 5. The first-order valence-electron chi connectivity index (χ1n) is 6.16. The van der Waals surface area contributed by atoms with Crippen LogP contribution in [0, 0.1) is 0 Å². The first-order valence-corrected chi connectivity index (χ1v) is 6.91. The zero-order valence-corrected chi connectivity index (χ0v) is 12.7. The van der Waals surface area contributed by atoms with Gasteiger partial charge in [-0.3, -0.25) is 0 Å². The van der Waals surface area contributed by atoms with Gasteiger partial charge in [-0.2, -0.15) is 15.0 Å². The molecule has 0 fully saturated rings. The molecule has 7 heteroatoms. The van der Waals surface area contributed by atoms with Crippen LogP contribution >= 0.6 is 23.2 Å². The molecule has 2 aromatic rings. The van der Waals surface area contributed by atoms with Gasteiger partial charge in [-0.15, -0.1) is 0 Å². The molecule has 5 nitrogen and oxygen atoms in total. The molecule has 0 saturated carbocycles. The predicted octanol–water partition coefficient (Wildman–Crippen LogP) is 3.68. The Bertz CT molecular complexity index is 607. The molecule has 0 amide bonds. The SMILES string of the molecule is CCCOc1nc(NC)nc(-c2ccc(Cl)c(Cl)c2)n1. The lowest BCUT2D eigenvalue weighted by Crippen LogP contribution is -2.06. The van der Waals surface area contributed by atoms with E-state index in [-0.39, 0.29) is 6.01 Å². The summed E-state index contributed by atoms with van der Waals surface area (Å²) in [6.45, 7) is 2.56. The average Bonchev–Trinajstić information content (AvgIpc) is 2.47. The van der Waals surface area contributed by atoms with E-state index in [4.69, 9.17) is 27.9 Å². The van der Waals surface area contributed by atoms with Gasteiger partial charge in [0.25, 0.3) is 0 Å². The van der Waals surface area contributed by atoms with Gasteiger partial charge < -0.3 is 10.1 Å².